The quantitative estimate of drug-likeness (QED) is 0.0262. The van der Waals surface area contributed by atoms with E-state index in [9.17, 15) is 14.4 Å². The van der Waals surface area contributed by atoms with Gasteiger partial charge >= 0.3 is 17.9 Å². The largest absolute Gasteiger partial charge is 0.462 e. The van der Waals surface area contributed by atoms with Crippen LogP contribution >= 0.6 is 0 Å². The van der Waals surface area contributed by atoms with Crippen LogP contribution in [0.2, 0.25) is 0 Å². The molecule has 0 saturated heterocycles. The monoisotopic (exact) mass is 885 g/mol. The van der Waals surface area contributed by atoms with Gasteiger partial charge in [0.15, 0.2) is 6.10 Å². The number of hydrogen-bond acceptors (Lipinski definition) is 6. The molecule has 0 aliphatic heterocycles. The Balaban J connectivity index is 4.19. The Kier molecular flexibility index (Phi) is 50.3. The first-order chi connectivity index (χ1) is 31.0. The van der Waals surface area contributed by atoms with Crippen LogP contribution in [0.25, 0.3) is 0 Å². The Labute approximate surface area is 391 Å². The molecule has 368 valence electrons. The number of allylic oxidation sites excluding steroid dienone is 6. The third kappa shape index (κ3) is 50.5. The highest BCUT2D eigenvalue weighted by Crippen LogP contribution is 2.15. The van der Waals surface area contributed by atoms with Crippen LogP contribution in [-0.4, -0.2) is 37.2 Å². The zero-order chi connectivity index (χ0) is 45.8. The molecular weight excluding hydrogens is 781 g/mol. The Hall–Kier alpha value is -2.37. The van der Waals surface area contributed by atoms with Gasteiger partial charge in [0.05, 0.1) is 0 Å². The van der Waals surface area contributed by atoms with Crippen molar-refractivity contribution in [1.29, 1.82) is 0 Å². The van der Waals surface area contributed by atoms with Crippen molar-refractivity contribution in [1.82, 2.24) is 0 Å². The van der Waals surface area contributed by atoms with Crippen molar-refractivity contribution in [3.05, 3.63) is 36.5 Å². The normalized spacial score (nSPS) is 12.2. The summed E-state index contributed by atoms with van der Waals surface area (Å²) in [6.45, 7) is 6.60. The van der Waals surface area contributed by atoms with E-state index in [-0.39, 0.29) is 31.1 Å². The predicted octanol–water partition coefficient (Wildman–Crippen LogP) is 18.1. The van der Waals surface area contributed by atoms with E-state index in [1.807, 2.05) is 0 Å². The molecule has 0 amide bonds. The van der Waals surface area contributed by atoms with Crippen LogP contribution in [0.1, 0.15) is 290 Å². The van der Waals surface area contributed by atoms with E-state index >= 15 is 0 Å². The van der Waals surface area contributed by atoms with Crippen LogP contribution in [0.3, 0.4) is 0 Å². The molecule has 1 atom stereocenters. The fourth-order valence-corrected chi connectivity index (χ4v) is 7.94. The lowest BCUT2D eigenvalue weighted by Gasteiger charge is -2.18. The average Bonchev–Trinajstić information content (AvgIpc) is 3.28. The van der Waals surface area contributed by atoms with Gasteiger partial charge in [-0.3, -0.25) is 14.4 Å². The third-order valence-corrected chi connectivity index (χ3v) is 12.1. The molecule has 0 bridgehead atoms. The Morgan fingerprint density at radius 3 is 0.889 bits per heavy atom. The van der Waals surface area contributed by atoms with Crippen LogP contribution in [-0.2, 0) is 28.6 Å². The van der Waals surface area contributed by atoms with Gasteiger partial charge in [0.2, 0.25) is 0 Å². The highest BCUT2D eigenvalue weighted by molar-refractivity contribution is 5.71. The maximum atomic E-state index is 12.8. The number of esters is 3. The average molecular weight is 885 g/mol. The Morgan fingerprint density at radius 1 is 0.317 bits per heavy atom. The van der Waals surface area contributed by atoms with E-state index in [2.05, 4.69) is 57.2 Å². The molecule has 6 heteroatoms. The van der Waals surface area contributed by atoms with Gasteiger partial charge in [0, 0.05) is 19.3 Å². The van der Waals surface area contributed by atoms with E-state index in [1.54, 1.807) is 0 Å². The van der Waals surface area contributed by atoms with E-state index in [1.165, 1.54) is 180 Å². The summed E-state index contributed by atoms with van der Waals surface area (Å²) >= 11 is 0. The van der Waals surface area contributed by atoms with Crippen molar-refractivity contribution in [2.45, 2.75) is 297 Å². The first kappa shape index (κ1) is 60.6. The van der Waals surface area contributed by atoms with Gasteiger partial charge in [0.1, 0.15) is 13.2 Å². The molecule has 0 fully saturated rings. The summed E-state index contributed by atoms with van der Waals surface area (Å²) in [5.74, 6) is -0.877. The summed E-state index contributed by atoms with van der Waals surface area (Å²) in [5.41, 5.74) is 0. The summed E-state index contributed by atoms with van der Waals surface area (Å²) in [5, 5.41) is 0. The van der Waals surface area contributed by atoms with E-state index in [4.69, 9.17) is 14.2 Å². The molecule has 63 heavy (non-hydrogen) atoms. The third-order valence-electron chi connectivity index (χ3n) is 12.1. The SMILES string of the molecule is CCCCCCC/C=C\C/C=C\CCCCCCCCCCCCCC(=O)OCC(COC(=O)CCCCCCCCCC)OC(=O)CCCCCCC/C=C\CCCCCCC. The predicted molar refractivity (Wildman–Crippen MR) is 270 cm³/mol. The lowest BCUT2D eigenvalue weighted by molar-refractivity contribution is -0.167. The smallest absolute Gasteiger partial charge is 0.306 e. The van der Waals surface area contributed by atoms with Crippen LogP contribution in [0.5, 0.6) is 0 Å². The molecule has 0 aliphatic carbocycles. The second kappa shape index (κ2) is 52.3. The van der Waals surface area contributed by atoms with Crippen molar-refractivity contribution in [2.75, 3.05) is 13.2 Å². The summed E-state index contributed by atoms with van der Waals surface area (Å²) in [7, 11) is 0. The summed E-state index contributed by atoms with van der Waals surface area (Å²) in [6, 6.07) is 0. The molecule has 0 aromatic heterocycles. The molecule has 0 saturated carbocycles. The minimum Gasteiger partial charge on any atom is -0.462 e. The lowest BCUT2D eigenvalue weighted by Crippen LogP contribution is -2.30. The molecule has 0 heterocycles. The number of hydrogen-bond donors (Lipinski definition) is 0. The van der Waals surface area contributed by atoms with Gasteiger partial charge in [-0.2, -0.15) is 0 Å². The van der Waals surface area contributed by atoms with E-state index in [0.29, 0.717) is 19.3 Å². The van der Waals surface area contributed by atoms with Gasteiger partial charge in [-0.25, -0.2) is 0 Å². The Bertz CT molecular complexity index is 1060. The molecule has 0 rings (SSSR count). The van der Waals surface area contributed by atoms with Crippen LogP contribution in [0, 0.1) is 0 Å². The number of unbranched alkanes of at least 4 members (excludes halogenated alkanes) is 33. The molecule has 0 spiro atoms. The molecule has 0 aliphatic rings. The second-order valence-electron chi connectivity index (χ2n) is 18.5. The minimum absolute atomic E-state index is 0.0735. The highest BCUT2D eigenvalue weighted by atomic mass is 16.6. The number of ether oxygens (including phenoxy) is 3. The Morgan fingerprint density at radius 2 is 0.571 bits per heavy atom. The zero-order valence-electron chi connectivity index (χ0n) is 42.1. The summed E-state index contributed by atoms with van der Waals surface area (Å²) in [6.07, 6.45) is 61.5. The van der Waals surface area contributed by atoms with Gasteiger partial charge in [-0.1, -0.05) is 231 Å². The van der Waals surface area contributed by atoms with Gasteiger partial charge in [-0.15, -0.1) is 0 Å². The second-order valence-corrected chi connectivity index (χ2v) is 18.5. The molecule has 1 unspecified atom stereocenters. The van der Waals surface area contributed by atoms with Gasteiger partial charge in [-0.05, 0) is 77.0 Å². The van der Waals surface area contributed by atoms with Crippen molar-refractivity contribution < 1.29 is 28.6 Å². The zero-order valence-corrected chi connectivity index (χ0v) is 42.1. The lowest BCUT2D eigenvalue weighted by atomic mass is 10.0. The fraction of sp³-hybridized carbons (Fsp3) is 0.842. The van der Waals surface area contributed by atoms with E-state index in [0.717, 1.165) is 70.6 Å². The summed E-state index contributed by atoms with van der Waals surface area (Å²) < 4.78 is 16.8. The van der Waals surface area contributed by atoms with Gasteiger partial charge < -0.3 is 14.2 Å². The van der Waals surface area contributed by atoms with E-state index < -0.39 is 6.10 Å². The fourth-order valence-electron chi connectivity index (χ4n) is 7.94. The molecule has 0 N–H and O–H groups in total. The molecule has 0 radical (unpaired) electrons. The maximum Gasteiger partial charge on any atom is 0.306 e. The van der Waals surface area contributed by atoms with Crippen LogP contribution < -0.4 is 0 Å². The summed E-state index contributed by atoms with van der Waals surface area (Å²) in [4.78, 5) is 37.9. The van der Waals surface area contributed by atoms with Crippen molar-refractivity contribution in [3.8, 4) is 0 Å². The number of rotatable bonds is 50. The highest BCUT2D eigenvalue weighted by Gasteiger charge is 2.19. The molecule has 0 aromatic rings. The molecule has 6 nitrogen and oxygen atoms in total. The first-order valence-electron chi connectivity index (χ1n) is 27.5. The van der Waals surface area contributed by atoms with Crippen molar-refractivity contribution in [2.24, 2.45) is 0 Å². The van der Waals surface area contributed by atoms with Crippen molar-refractivity contribution >= 4 is 17.9 Å². The van der Waals surface area contributed by atoms with Crippen LogP contribution in [0.4, 0.5) is 0 Å². The van der Waals surface area contributed by atoms with Crippen molar-refractivity contribution in [3.63, 3.8) is 0 Å². The molecule has 0 aromatic carbocycles. The van der Waals surface area contributed by atoms with Crippen LogP contribution in [0.15, 0.2) is 36.5 Å². The maximum absolute atomic E-state index is 12.8. The first-order valence-corrected chi connectivity index (χ1v) is 27.5. The standard InChI is InChI=1S/C57H104O6/c1-4-7-10-13-16-19-21-23-25-26-27-28-29-30-31-32-33-35-36-38-41-44-47-50-56(59)62-53-54(52-61-55(58)49-46-43-40-18-15-12-9-6-3)63-57(60)51-48-45-42-39-37-34-24-22-20-17-14-11-8-5-2/h21-24,26-27,54H,4-20,25,28-53H2,1-3H3/b23-21-,24-22-,27-26-. The minimum atomic E-state index is -0.772. The number of carbonyl (C=O) groups is 3. The topological polar surface area (TPSA) is 78.9 Å². The number of carbonyl (C=O) groups excluding carboxylic acids is 3. The molecular formula is C57H104O6. The van der Waals surface area contributed by atoms with Gasteiger partial charge in [0.25, 0.3) is 0 Å².